The lowest BCUT2D eigenvalue weighted by Gasteiger charge is -2.09. The summed E-state index contributed by atoms with van der Waals surface area (Å²) in [5.74, 6) is -0.158. The summed E-state index contributed by atoms with van der Waals surface area (Å²) in [7, 11) is 0. The molecule has 0 aliphatic heterocycles. The molecule has 0 radical (unpaired) electrons. The van der Waals surface area contributed by atoms with E-state index in [2.05, 4.69) is 0 Å². The van der Waals surface area contributed by atoms with Gasteiger partial charge in [0, 0.05) is 11.3 Å². The van der Waals surface area contributed by atoms with Crippen LogP contribution in [0, 0.1) is 17.1 Å². The standard InChI is InChI=1S/C14H10ClFN2O/c15-12-3-1-2-9(14(12)16)8-19-13-5-4-11(18)6-10(13)7-17/h1-6H,8,18H2. The van der Waals surface area contributed by atoms with E-state index in [0.29, 0.717) is 22.6 Å². The molecule has 5 heteroatoms. The predicted molar refractivity (Wildman–Crippen MR) is 71.3 cm³/mol. The molecule has 2 aromatic carbocycles. The summed E-state index contributed by atoms with van der Waals surface area (Å²) in [5, 5.41) is 9.00. The van der Waals surface area contributed by atoms with Crippen molar-refractivity contribution < 1.29 is 9.13 Å². The highest BCUT2D eigenvalue weighted by Gasteiger charge is 2.09. The van der Waals surface area contributed by atoms with Crippen LogP contribution in [-0.2, 0) is 6.61 Å². The maximum Gasteiger partial charge on any atom is 0.148 e. The van der Waals surface area contributed by atoms with Crippen LogP contribution < -0.4 is 10.5 Å². The number of nitriles is 1. The minimum Gasteiger partial charge on any atom is -0.487 e. The van der Waals surface area contributed by atoms with E-state index in [-0.39, 0.29) is 11.6 Å². The molecule has 2 aromatic rings. The Balaban J connectivity index is 2.20. The second-order valence-electron chi connectivity index (χ2n) is 3.87. The lowest BCUT2D eigenvalue weighted by Crippen LogP contribution is -2.00. The molecule has 0 aliphatic carbocycles. The van der Waals surface area contributed by atoms with Gasteiger partial charge in [-0.1, -0.05) is 23.7 Å². The van der Waals surface area contributed by atoms with Gasteiger partial charge in [-0.2, -0.15) is 5.26 Å². The van der Waals surface area contributed by atoms with Gasteiger partial charge in [-0.25, -0.2) is 4.39 Å². The highest BCUT2D eigenvalue weighted by Crippen LogP contribution is 2.23. The van der Waals surface area contributed by atoms with E-state index in [4.69, 9.17) is 27.3 Å². The lowest BCUT2D eigenvalue weighted by molar-refractivity contribution is 0.299. The Labute approximate surface area is 115 Å². The molecule has 0 saturated heterocycles. The average Bonchev–Trinajstić information content (AvgIpc) is 2.41. The van der Waals surface area contributed by atoms with Crippen LogP contribution in [0.4, 0.5) is 10.1 Å². The zero-order valence-electron chi connectivity index (χ0n) is 9.86. The molecule has 19 heavy (non-hydrogen) atoms. The van der Waals surface area contributed by atoms with E-state index in [0.717, 1.165) is 0 Å². The molecule has 0 heterocycles. The summed E-state index contributed by atoms with van der Waals surface area (Å²) in [6.07, 6.45) is 0. The normalized spacial score (nSPS) is 9.95. The number of halogens is 2. The molecule has 3 nitrogen and oxygen atoms in total. The van der Waals surface area contributed by atoms with Crippen LogP contribution in [0.25, 0.3) is 0 Å². The average molecular weight is 277 g/mol. The molecule has 0 atom stereocenters. The van der Waals surface area contributed by atoms with E-state index in [1.807, 2.05) is 6.07 Å². The molecule has 0 fully saturated rings. The van der Waals surface area contributed by atoms with Gasteiger partial charge in [0.05, 0.1) is 10.6 Å². The third-order valence-electron chi connectivity index (χ3n) is 2.54. The second-order valence-corrected chi connectivity index (χ2v) is 4.28. The van der Waals surface area contributed by atoms with Crippen LogP contribution in [-0.4, -0.2) is 0 Å². The Morgan fingerprint density at radius 3 is 2.84 bits per heavy atom. The predicted octanol–water partition coefficient (Wildman–Crippen LogP) is 3.51. The molecule has 96 valence electrons. The molecule has 0 spiro atoms. The third-order valence-corrected chi connectivity index (χ3v) is 2.83. The summed E-state index contributed by atoms with van der Waals surface area (Å²) >= 11 is 5.68. The Morgan fingerprint density at radius 2 is 2.11 bits per heavy atom. The zero-order valence-corrected chi connectivity index (χ0v) is 10.6. The van der Waals surface area contributed by atoms with Crippen molar-refractivity contribution in [1.29, 1.82) is 5.26 Å². The number of hydrogen-bond acceptors (Lipinski definition) is 3. The fourth-order valence-corrected chi connectivity index (χ4v) is 1.77. The van der Waals surface area contributed by atoms with Crippen LogP contribution in [0.5, 0.6) is 5.75 Å². The maximum atomic E-state index is 13.7. The van der Waals surface area contributed by atoms with Gasteiger partial charge < -0.3 is 10.5 Å². The number of ether oxygens (including phenoxy) is 1. The van der Waals surface area contributed by atoms with E-state index in [1.54, 1.807) is 24.3 Å². The van der Waals surface area contributed by atoms with Crippen molar-refractivity contribution in [2.75, 3.05) is 5.73 Å². The van der Waals surface area contributed by atoms with Crippen molar-refractivity contribution in [3.8, 4) is 11.8 Å². The van der Waals surface area contributed by atoms with Crippen LogP contribution >= 0.6 is 11.6 Å². The molecule has 0 saturated carbocycles. The van der Waals surface area contributed by atoms with Gasteiger partial charge in [0.15, 0.2) is 0 Å². The summed E-state index contributed by atoms with van der Waals surface area (Å²) < 4.78 is 19.1. The van der Waals surface area contributed by atoms with Gasteiger partial charge in [-0.3, -0.25) is 0 Å². The van der Waals surface area contributed by atoms with Crippen molar-refractivity contribution in [3.05, 3.63) is 58.4 Å². The molecule has 0 unspecified atom stereocenters. The van der Waals surface area contributed by atoms with Gasteiger partial charge in [0.2, 0.25) is 0 Å². The SMILES string of the molecule is N#Cc1cc(N)ccc1OCc1cccc(Cl)c1F. The second kappa shape index (κ2) is 5.59. The Morgan fingerprint density at radius 1 is 1.32 bits per heavy atom. The molecule has 2 rings (SSSR count). The van der Waals surface area contributed by atoms with Crippen LogP contribution in [0.15, 0.2) is 36.4 Å². The maximum absolute atomic E-state index is 13.7. The molecular formula is C14H10ClFN2O. The first-order valence-corrected chi connectivity index (χ1v) is 5.85. The quantitative estimate of drug-likeness (QED) is 0.873. The van der Waals surface area contributed by atoms with Crippen molar-refractivity contribution in [3.63, 3.8) is 0 Å². The van der Waals surface area contributed by atoms with Crippen molar-refractivity contribution in [2.45, 2.75) is 6.61 Å². The molecule has 0 aromatic heterocycles. The van der Waals surface area contributed by atoms with Crippen LogP contribution in [0.2, 0.25) is 5.02 Å². The van der Waals surface area contributed by atoms with Crippen LogP contribution in [0.3, 0.4) is 0 Å². The summed E-state index contributed by atoms with van der Waals surface area (Å²) in [5.41, 5.74) is 6.68. The molecule has 0 bridgehead atoms. The summed E-state index contributed by atoms with van der Waals surface area (Å²) in [4.78, 5) is 0. The van der Waals surface area contributed by atoms with Gasteiger partial charge in [0.25, 0.3) is 0 Å². The first-order chi connectivity index (χ1) is 9.11. The van der Waals surface area contributed by atoms with E-state index >= 15 is 0 Å². The molecule has 0 aliphatic rings. The fraction of sp³-hybridized carbons (Fsp3) is 0.0714. The monoisotopic (exact) mass is 276 g/mol. The van der Waals surface area contributed by atoms with E-state index < -0.39 is 5.82 Å². The minimum absolute atomic E-state index is 0.00894. The largest absolute Gasteiger partial charge is 0.487 e. The lowest BCUT2D eigenvalue weighted by atomic mass is 10.2. The fourth-order valence-electron chi connectivity index (χ4n) is 1.58. The first kappa shape index (κ1) is 13.2. The number of nitrogens with two attached hydrogens (primary N) is 1. The third kappa shape index (κ3) is 2.95. The van der Waals surface area contributed by atoms with Gasteiger partial charge in [-0.05, 0) is 24.3 Å². The smallest absolute Gasteiger partial charge is 0.148 e. The highest BCUT2D eigenvalue weighted by atomic mass is 35.5. The Kier molecular flexibility index (Phi) is 3.88. The zero-order chi connectivity index (χ0) is 13.8. The van der Waals surface area contributed by atoms with Gasteiger partial charge in [-0.15, -0.1) is 0 Å². The first-order valence-electron chi connectivity index (χ1n) is 5.47. The number of hydrogen-bond donors (Lipinski definition) is 1. The summed E-state index contributed by atoms with van der Waals surface area (Å²) in [6.45, 7) is -0.00894. The number of benzene rings is 2. The topological polar surface area (TPSA) is 59.0 Å². The number of rotatable bonds is 3. The molecule has 0 amide bonds. The number of nitrogens with zero attached hydrogens (tertiary/aromatic N) is 1. The number of nitrogen functional groups attached to an aromatic ring is 1. The summed E-state index contributed by atoms with van der Waals surface area (Å²) in [6, 6.07) is 11.3. The van der Waals surface area contributed by atoms with Gasteiger partial charge >= 0.3 is 0 Å². The van der Waals surface area contributed by atoms with E-state index in [9.17, 15) is 4.39 Å². The van der Waals surface area contributed by atoms with Crippen molar-refractivity contribution >= 4 is 17.3 Å². The molecule has 2 N–H and O–H groups in total. The van der Waals surface area contributed by atoms with Crippen LogP contribution in [0.1, 0.15) is 11.1 Å². The molecular weight excluding hydrogens is 267 g/mol. The highest BCUT2D eigenvalue weighted by molar-refractivity contribution is 6.30. The van der Waals surface area contributed by atoms with E-state index in [1.165, 1.54) is 12.1 Å². The Hall–Kier alpha value is -2.25. The van der Waals surface area contributed by atoms with Gasteiger partial charge in [0.1, 0.15) is 24.2 Å². The van der Waals surface area contributed by atoms with Crippen molar-refractivity contribution in [2.24, 2.45) is 0 Å². The Bertz CT molecular complexity index is 652. The minimum atomic E-state index is -0.516. The van der Waals surface area contributed by atoms with Crippen molar-refractivity contribution in [1.82, 2.24) is 0 Å². The number of anilines is 1.